The average molecular weight is 453 g/mol. The highest BCUT2D eigenvalue weighted by Crippen LogP contribution is 2.34. The van der Waals surface area contributed by atoms with Gasteiger partial charge in [-0.2, -0.15) is 0 Å². The number of nitrogens with zero attached hydrogens (tertiary/aromatic N) is 2. The first-order valence-corrected chi connectivity index (χ1v) is 9.94. The molecule has 1 fully saturated rings. The van der Waals surface area contributed by atoms with E-state index in [1.807, 2.05) is 30.3 Å². The molecule has 1 heterocycles. The molecule has 10 heteroatoms. The molecule has 9 nitrogen and oxygen atoms in total. The van der Waals surface area contributed by atoms with Crippen molar-refractivity contribution in [3.63, 3.8) is 0 Å². The van der Waals surface area contributed by atoms with Gasteiger partial charge in [0.2, 0.25) is 5.91 Å². The van der Waals surface area contributed by atoms with Crippen LogP contribution < -0.4 is 10.6 Å². The monoisotopic (exact) mass is 452 g/mol. The van der Waals surface area contributed by atoms with Crippen LogP contribution in [0.5, 0.6) is 0 Å². The van der Waals surface area contributed by atoms with Gasteiger partial charge in [-0.25, -0.2) is 4.79 Å². The minimum atomic E-state index is -1.34. The number of non-ortho nitro benzene ring substituents is 1. The minimum absolute atomic E-state index is 0.0367. The van der Waals surface area contributed by atoms with Crippen LogP contribution in [0.1, 0.15) is 12.5 Å². The first-order chi connectivity index (χ1) is 15.2. The van der Waals surface area contributed by atoms with Gasteiger partial charge in [0.05, 0.1) is 15.6 Å². The zero-order valence-corrected chi connectivity index (χ0v) is 17.6. The largest absolute Gasteiger partial charge is 0.325 e. The molecule has 3 aromatic rings. The van der Waals surface area contributed by atoms with E-state index in [-0.39, 0.29) is 16.4 Å². The fourth-order valence-corrected chi connectivity index (χ4v) is 3.96. The molecule has 0 saturated carbocycles. The topological polar surface area (TPSA) is 122 Å². The number of nitro benzene ring substituents is 1. The van der Waals surface area contributed by atoms with Crippen molar-refractivity contribution >= 4 is 51.6 Å². The maximum absolute atomic E-state index is 13.2. The number of urea groups is 1. The van der Waals surface area contributed by atoms with Crippen LogP contribution in [0.2, 0.25) is 5.02 Å². The number of carbonyl (C=O) groups excluding carboxylic acids is 3. The summed E-state index contributed by atoms with van der Waals surface area (Å²) in [5.74, 6) is -1.24. The molecule has 2 N–H and O–H groups in total. The second-order valence-electron chi connectivity index (χ2n) is 7.44. The Kier molecular flexibility index (Phi) is 5.27. The number of carbonyl (C=O) groups is 3. The minimum Gasteiger partial charge on any atom is -0.323 e. The van der Waals surface area contributed by atoms with Gasteiger partial charge in [0, 0.05) is 12.1 Å². The average Bonchev–Trinajstić information content (AvgIpc) is 2.98. The standard InChI is InChI=1S/C22H17ClN4O5/c1-22(16-8-4-6-13-5-2-3-7-15(13)16)20(29)26(21(30)25-22)12-19(28)24-18-10-9-14(27(31)32)11-17(18)23/h2-11H,12H2,1H3,(H,24,28)(H,25,30). The number of imide groups is 1. The first-order valence-electron chi connectivity index (χ1n) is 9.57. The van der Waals surface area contributed by atoms with Crippen LogP contribution in [0.25, 0.3) is 10.8 Å². The Bertz CT molecular complexity index is 1290. The fraction of sp³-hybridized carbons (Fsp3) is 0.136. The van der Waals surface area contributed by atoms with Crippen LogP contribution in [0.3, 0.4) is 0 Å². The molecule has 4 amide bonds. The molecule has 32 heavy (non-hydrogen) atoms. The van der Waals surface area contributed by atoms with Crippen molar-refractivity contribution in [3.05, 3.63) is 81.4 Å². The van der Waals surface area contributed by atoms with Gasteiger partial charge >= 0.3 is 6.03 Å². The van der Waals surface area contributed by atoms with Crippen LogP contribution in [0, 0.1) is 10.1 Å². The predicted octanol–water partition coefficient (Wildman–Crippen LogP) is 3.81. The van der Waals surface area contributed by atoms with Gasteiger partial charge in [-0.05, 0) is 29.3 Å². The zero-order valence-electron chi connectivity index (χ0n) is 16.8. The number of anilines is 1. The van der Waals surface area contributed by atoms with E-state index in [9.17, 15) is 24.5 Å². The SMILES string of the molecule is CC1(c2cccc3ccccc23)NC(=O)N(CC(=O)Nc2ccc([N+](=O)[O-])cc2Cl)C1=O. The number of hydrogen-bond acceptors (Lipinski definition) is 5. The first kappa shape index (κ1) is 21.3. The summed E-state index contributed by atoms with van der Waals surface area (Å²) in [6.45, 7) is 1.05. The quantitative estimate of drug-likeness (QED) is 0.346. The van der Waals surface area contributed by atoms with Gasteiger partial charge in [0.25, 0.3) is 11.6 Å². The highest BCUT2D eigenvalue weighted by molar-refractivity contribution is 6.34. The Labute approximate surface area is 187 Å². The summed E-state index contributed by atoms with van der Waals surface area (Å²) >= 11 is 5.99. The van der Waals surface area contributed by atoms with Crippen molar-refractivity contribution in [2.45, 2.75) is 12.5 Å². The smallest absolute Gasteiger partial charge is 0.323 e. The Balaban J connectivity index is 1.56. The normalized spacial score (nSPS) is 18.0. The highest BCUT2D eigenvalue weighted by atomic mass is 35.5. The lowest BCUT2D eigenvalue weighted by Crippen LogP contribution is -2.42. The molecule has 0 bridgehead atoms. The third-order valence-corrected chi connectivity index (χ3v) is 5.66. The van der Waals surface area contributed by atoms with Crippen molar-refractivity contribution in [1.82, 2.24) is 10.2 Å². The van der Waals surface area contributed by atoms with Crippen molar-refractivity contribution < 1.29 is 19.3 Å². The van der Waals surface area contributed by atoms with Gasteiger partial charge in [-0.3, -0.25) is 24.6 Å². The number of halogens is 1. The number of rotatable bonds is 5. The Hall–Kier alpha value is -3.98. The number of nitro groups is 1. The molecule has 1 aliphatic rings. The molecule has 0 radical (unpaired) electrons. The van der Waals surface area contributed by atoms with E-state index in [0.29, 0.717) is 5.56 Å². The molecule has 1 atom stereocenters. The molecule has 162 valence electrons. The molecule has 1 aliphatic heterocycles. The second kappa shape index (κ2) is 7.93. The van der Waals surface area contributed by atoms with Crippen LogP contribution in [0.15, 0.2) is 60.7 Å². The molecule has 0 spiro atoms. The second-order valence-corrected chi connectivity index (χ2v) is 7.85. The summed E-state index contributed by atoms with van der Waals surface area (Å²) in [4.78, 5) is 49.4. The summed E-state index contributed by atoms with van der Waals surface area (Å²) in [5.41, 5.74) is -0.821. The third-order valence-electron chi connectivity index (χ3n) is 5.34. The molecular formula is C22H17ClN4O5. The molecule has 4 rings (SSSR count). The summed E-state index contributed by atoms with van der Waals surface area (Å²) in [6.07, 6.45) is 0. The molecule has 0 aliphatic carbocycles. The number of nitrogens with one attached hydrogen (secondary N) is 2. The molecular weight excluding hydrogens is 436 g/mol. The Morgan fingerprint density at radius 1 is 1.16 bits per heavy atom. The maximum Gasteiger partial charge on any atom is 0.325 e. The summed E-state index contributed by atoms with van der Waals surface area (Å²) in [7, 11) is 0. The van der Waals surface area contributed by atoms with Crippen molar-refractivity contribution in [3.8, 4) is 0 Å². The molecule has 0 aromatic heterocycles. The van der Waals surface area contributed by atoms with E-state index in [0.717, 1.165) is 21.7 Å². The van der Waals surface area contributed by atoms with Gasteiger partial charge in [0.1, 0.15) is 12.1 Å². The summed E-state index contributed by atoms with van der Waals surface area (Å²) in [6, 6.07) is 15.8. The third kappa shape index (κ3) is 3.63. The van der Waals surface area contributed by atoms with Crippen molar-refractivity contribution in [1.29, 1.82) is 0 Å². The zero-order chi connectivity index (χ0) is 23.0. The molecule has 1 unspecified atom stereocenters. The van der Waals surface area contributed by atoms with Gasteiger partial charge in [-0.15, -0.1) is 0 Å². The van der Waals surface area contributed by atoms with Crippen LogP contribution in [-0.4, -0.2) is 34.2 Å². The summed E-state index contributed by atoms with van der Waals surface area (Å²) in [5, 5.41) is 17.7. The Morgan fingerprint density at radius 3 is 2.59 bits per heavy atom. The number of amides is 4. The lowest BCUT2D eigenvalue weighted by atomic mass is 9.88. The predicted molar refractivity (Wildman–Crippen MR) is 118 cm³/mol. The molecule has 3 aromatic carbocycles. The fourth-order valence-electron chi connectivity index (χ4n) is 3.74. The Morgan fingerprint density at radius 2 is 1.88 bits per heavy atom. The van der Waals surface area contributed by atoms with E-state index in [4.69, 9.17) is 11.6 Å². The van der Waals surface area contributed by atoms with Gasteiger partial charge in [-0.1, -0.05) is 54.1 Å². The number of benzene rings is 3. The van der Waals surface area contributed by atoms with Gasteiger partial charge < -0.3 is 10.6 Å². The number of hydrogen-bond donors (Lipinski definition) is 2. The van der Waals surface area contributed by atoms with E-state index in [1.165, 1.54) is 12.1 Å². The van der Waals surface area contributed by atoms with E-state index in [1.54, 1.807) is 19.1 Å². The molecule has 1 saturated heterocycles. The highest BCUT2D eigenvalue weighted by Gasteiger charge is 2.50. The summed E-state index contributed by atoms with van der Waals surface area (Å²) < 4.78 is 0. The van der Waals surface area contributed by atoms with E-state index >= 15 is 0 Å². The van der Waals surface area contributed by atoms with Crippen molar-refractivity contribution in [2.75, 3.05) is 11.9 Å². The maximum atomic E-state index is 13.2. The van der Waals surface area contributed by atoms with Gasteiger partial charge in [0.15, 0.2) is 0 Å². The lowest BCUT2D eigenvalue weighted by molar-refractivity contribution is -0.384. The van der Waals surface area contributed by atoms with E-state index < -0.39 is 34.9 Å². The van der Waals surface area contributed by atoms with Crippen molar-refractivity contribution in [2.24, 2.45) is 0 Å². The lowest BCUT2D eigenvalue weighted by Gasteiger charge is -2.24. The van der Waals surface area contributed by atoms with Crippen LogP contribution in [-0.2, 0) is 15.1 Å². The van der Waals surface area contributed by atoms with Crippen LogP contribution in [0.4, 0.5) is 16.2 Å². The van der Waals surface area contributed by atoms with Crippen LogP contribution >= 0.6 is 11.6 Å². The van der Waals surface area contributed by atoms with E-state index in [2.05, 4.69) is 10.6 Å². The number of fused-ring (bicyclic) bond motifs is 1.